The number of ether oxygens (including phenoxy) is 3. The third-order valence-corrected chi connectivity index (χ3v) is 13.0. The highest BCUT2D eigenvalue weighted by atomic mass is 16.6. The van der Waals surface area contributed by atoms with Gasteiger partial charge in [-0.15, -0.1) is 0 Å². The van der Waals surface area contributed by atoms with Gasteiger partial charge in [-0.3, -0.25) is 9.59 Å². The zero-order valence-electron chi connectivity index (χ0n) is 44.8. The molecule has 0 bridgehead atoms. The Morgan fingerprint density at radius 2 is 0.836 bits per heavy atom. The lowest BCUT2D eigenvalue weighted by atomic mass is 10.0. The van der Waals surface area contributed by atoms with Crippen LogP contribution in [-0.4, -0.2) is 75.5 Å². The zero-order chi connectivity index (χ0) is 49.2. The number of likely N-dealkylation sites (N-methyl/N-ethyl adjacent to an activating group) is 1. The van der Waals surface area contributed by atoms with Crippen molar-refractivity contribution < 1.29 is 38.2 Å². The van der Waals surface area contributed by atoms with Crippen molar-refractivity contribution >= 4 is 17.9 Å². The van der Waals surface area contributed by atoms with Crippen molar-refractivity contribution in [3.8, 4) is 0 Å². The second-order valence-corrected chi connectivity index (χ2v) is 20.5. The predicted octanol–water partition coefficient (Wildman–Crippen LogP) is 15.6. The number of hydrogen-bond donors (Lipinski definition) is 0. The highest BCUT2D eigenvalue weighted by Gasteiger charge is 2.25. The number of carbonyl (C=O) groups is 3. The van der Waals surface area contributed by atoms with Crippen LogP contribution >= 0.6 is 0 Å². The van der Waals surface area contributed by atoms with Gasteiger partial charge in [0, 0.05) is 19.3 Å². The fourth-order valence-corrected chi connectivity index (χ4v) is 8.68. The van der Waals surface area contributed by atoms with E-state index in [-0.39, 0.29) is 42.7 Å². The first kappa shape index (κ1) is 64.5. The van der Waals surface area contributed by atoms with E-state index in [0.717, 1.165) is 57.8 Å². The number of rotatable bonds is 52. The molecule has 2 unspecified atom stereocenters. The number of nitrogens with zero attached hydrogens (tertiary/aromatic N) is 1. The number of carbonyl (C=O) groups excluding carboxylic acids is 3. The molecule has 0 N–H and O–H groups in total. The molecular weight excluding hydrogens is 835 g/mol. The SMILES string of the molecule is CC/C=C/C/C=C/C/C=C/CCCCCCCCCCCCC(=O)OCC(COCCC(C(=O)[O-])[N+](C)(C)C)OC(=O)CCCCCCCCCCCCCCCCCCCCCCCCC. The Morgan fingerprint density at radius 1 is 0.463 bits per heavy atom. The van der Waals surface area contributed by atoms with Crippen LogP contribution < -0.4 is 5.11 Å². The van der Waals surface area contributed by atoms with Gasteiger partial charge in [0.15, 0.2) is 6.10 Å². The van der Waals surface area contributed by atoms with E-state index < -0.39 is 18.1 Å². The van der Waals surface area contributed by atoms with Gasteiger partial charge in [0.05, 0.1) is 40.3 Å². The van der Waals surface area contributed by atoms with Gasteiger partial charge >= 0.3 is 11.9 Å². The maximum absolute atomic E-state index is 12.8. The van der Waals surface area contributed by atoms with Crippen LogP contribution in [0, 0.1) is 0 Å². The van der Waals surface area contributed by atoms with Crippen molar-refractivity contribution in [1.82, 2.24) is 0 Å². The molecule has 0 heterocycles. The summed E-state index contributed by atoms with van der Waals surface area (Å²) in [5.74, 6) is -1.72. The Hall–Kier alpha value is -2.45. The van der Waals surface area contributed by atoms with Crippen LogP contribution in [0.1, 0.15) is 271 Å². The Bertz CT molecular complexity index is 1190. The molecule has 8 heteroatoms. The van der Waals surface area contributed by atoms with E-state index >= 15 is 0 Å². The van der Waals surface area contributed by atoms with Gasteiger partial charge < -0.3 is 28.6 Å². The van der Waals surface area contributed by atoms with E-state index in [1.54, 1.807) is 0 Å². The molecule has 0 aliphatic rings. The number of allylic oxidation sites excluding steroid dienone is 6. The molecule has 2 atom stereocenters. The fraction of sp³-hybridized carbons (Fsp3) is 0.847. The summed E-state index contributed by atoms with van der Waals surface area (Å²) in [4.78, 5) is 37.1. The minimum Gasteiger partial charge on any atom is -0.544 e. The monoisotopic (exact) mass is 944 g/mol. The van der Waals surface area contributed by atoms with Crippen molar-refractivity contribution in [2.24, 2.45) is 0 Å². The standard InChI is InChI=1S/C59H109NO7/c1-6-8-10-12-14-16-18-20-22-24-26-28-29-30-32-34-36-38-40-42-44-46-48-50-58(62)67-55(53-65-52-51-56(59(63)64)60(3,4)5)54-66-57(61)49-47-45-43-41-39-37-35-33-31-27-25-23-21-19-17-15-13-11-9-7-2/h9,11,15,17,21,23,55-56H,6-8,10,12-14,16,18-20,22,24-54H2,1-5H3/b11-9+,17-15+,23-21+. The Labute approximate surface area is 414 Å². The largest absolute Gasteiger partial charge is 0.544 e. The zero-order valence-corrected chi connectivity index (χ0v) is 44.8. The number of esters is 2. The second-order valence-electron chi connectivity index (χ2n) is 20.5. The molecule has 0 aromatic rings. The molecule has 0 radical (unpaired) electrons. The van der Waals surface area contributed by atoms with Crippen LogP contribution in [0.25, 0.3) is 0 Å². The van der Waals surface area contributed by atoms with Crippen molar-refractivity contribution in [1.29, 1.82) is 0 Å². The van der Waals surface area contributed by atoms with E-state index in [1.807, 2.05) is 21.1 Å². The number of carboxylic acid groups (broad SMARTS) is 1. The first-order valence-corrected chi connectivity index (χ1v) is 28.5. The van der Waals surface area contributed by atoms with Crippen LogP contribution in [0.3, 0.4) is 0 Å². The Morgan fingerprint density at radius 3 is 1.24 bits per heavy atom. The first-order valence-electron chi connectivity index (χ1n) is 28.5. The van der Waals surface area contributed by atoms with Crippen molar-refractivity contribution in [3.63, 3.8) is 0 Å². The molecule has 67 heavy (non-hydrogen) atoms. The predicted molar refractivity (Wildman–Crippen MR) is 282 cm³/mol. The molecule has 0 saturated heterocycles. The summed E-state index contributed by atoms with van der Waals surface area (Å²) >= 11 is 0. The second kappa shape index (κ2) is 50.0. The van der Waals surface area contributed by atoms with E-state index in [9.17, 15) is 19.5 Å². The lowest BCUT2D eigenvalue weighted by Crippen LogP contribution is -2.55. The van der Waals surface area contributed by atoms with Gasteiger partial charge in [0.25, 0.3) is 0 Å². The third kappa shape index (κ3) is 48.4. The number of hydrogen-bond acceptors (Lipinski definition) is 7. The van der Waals surface area contributed by atoms with Crippen molar-refractivity contribution in [2.45, 2.75) is 283 Å². The average molecular weight is 945 g/mol. The van der Waals surface area contributed by atoms with E-state index in [0.29, 0.717) is 12.8 Å². The van der Waals surface area contributed by atoms with Crippen LogP contribution in [0.5, 0.6) is 0 Å². The first-order chi connectivity index (χ1) is 32.6. The summed E-state index contributed by atoms with van der Waals surface area (Å²) in [6.45, 7) is 4.60. The molecule has 0 fully saturated rings. The van der Waals surface area contributed by atoms with Crippen LogP contribution in [0.4, 0.5) is 0 Å². The van der Waals surface area contributed by atoms with Gasteiger partial charge in [-0.05, 0) is 44.9 Å². The van der Waals surface area contributed by atoms with E-state index in [1.165, 1.54) is 180 Å². The van der Waals surface area contributed by atoms with Crippen molar-refractivity contribution in [3.05, 3.63) is 36.5 Å². The Balaban J connectivity index is 4.14. The highest BCUT2D eigenvalue weighted by Crippen LogP contribution is 2.17. The normalized spacial score (nSPS) is 13.0. The molecule has 0 saturated carbocycles. The number of quaternary nitrogens is 1. The van der Waals surface area contributed by atoms with Crippen LogP contribution in [0.2, 0.25) is 0 Å². The molecule has 0 spiro atoms. The molecule has 0 aliphatic carbocycles. The quantitative estimate of drug-likeness (QED) is 0.0259. The lowest BCUT2D eigenvalue weighted by molar-refractivity contribution is -0.889. The molecule has 8 nitrogen and oxygen atoms in total. The summed E-state index contributed by atoms with van der Waals surface area (Å²) in [6.07, 6.45) is 60.4. The number of carboxylic acids is 1. The van der Waals surface area contributed by atoms with E-state index in [4.69, 9.17) is 14.2 Å². The third-order valence-electron chi connectivity index (χ3n) is 13.0. The summed E-state index contributed by atoms with van der Waals surface area (Å²) in [7, 11) is 5.43. The molecule has 0 aromatic heterocycles. The molecular formula is C59H109NO7. The minimum atomic E-state index is -1.12. The molecule has 0 aliphatic heterocycles. The minimum absolute atomic E-state index is 0.0435. The van der Waals surface area contributed by atoms with Gasteiger partial charge in [-0.2, -0.15) is 0 Å². The van der Waals surface area contributed by atoms with Crippen LogP contribution in [-0.2, 0) is 28.6 Å². The number of unbranched alkanes of at least 4 members (excludes halogenated alkanes) is 32. The maximum Gasteiger partial charge on any atom is 0.306 e. The van der Waals surface area contributed by atoms with Crippen molar-refractivity contribution in [2.75, 3.05) is 41.0 Å². The van der Waals surface area contributed by atoms with Crippen LogP contribution in [0.15, 0.2) is 36.5 Å². The van der Waals surface area contributed by atoms with Gasteiger partial charge in [-0.25, -0.2) is 0 Å². The maximum atomic E-state index is 12.8. The van der Waals surface area contributed by atoms with E-state index in [2.05, 4.69) is 50.3 Å². The Kier molecular flexibility index (Phi) is 48.1. The highest BCUT2D eigenvalue weighted by molar-refractivity contribution is 5.70. The smallest absolute Gasteiger partial charge is 0.306 e. The molecule has 0 amide bonds. The van der Waals surface area contributed by atoms with Gasteiger partial charge in [0.2, 0.25) is 0 Å². The van der Waals surface area contributed by atoms with Gasteiger partial charge in [-0.1, -0.05) is 243 Å². The van der Waals surface area contributed by atoms with Gasteiger partial charge in [0.1, 0.15) is 12.6 Å². The average Bonchev–Trinajstić information content (AvgIpc) is 3.29. The number of aliphatic carboxylic acids is 1. The fourth-order valence-electron chi connectivity index (χ4n) is 8.68. The summed E-state index contributed by atoms with van der Waals surface area (Å²) in [6, 6.07) is -0.725. The molecule has 392 valence electrons. The topological polar surface area (TPSA) is 102 Å². The summed E-state index contributed by atoms with van der Waals surface area (Å²) < 4.78 is 17.3. The molecule has 0 rings (SSSR count). The lowest BCUT2D eigenvalue weighted by Gasteiger charge is -2.34. The summed E-state index contributed by atoms with van der Waals surface area (Å²) in [5.41, 5.74) is 0. The summed E-state index contributed by atoms with van der Waals surface area (Å²) in [5, 5.41) is 11.7. The molecule has 0 aromatic carbocycles.